The number of rotatable bonds is 10. The molecule has 0 fully saturated rings. The SMILES string of the molecule is CCCc1cc(Cc2ccc(OC(=O)c3cccc(C(C)=O)c3)c(CCC)c2)ccc1OC. The van der Waals surface area contributed by atoms with E-state index in [-0.39, 0.29) is 5.78 Å². The number of benzene rings is 3. The lowest BCUT2D eigenvalue weighted by Gasteiger charge is -2.13. The summed E-state index contributed by atoms with van der Waals surface area (Å²) in [6.07, 6.45) is 4.60. The van der Waals surface area contributed by atoms with Gasteiger partial charge in [0.05, 0.1) is 12.7 Å². The van der Waals surface area contributed by atoms with E-state index >= 15 is 0 Å². The van der Waals surface area contributed by atoms with Crippen molar-refractivity contribution >= 4 is 11.8 Å². The Bertz CT molecular complexity index is 1130. The third-order valence-electron chi connectivity index (χ3n) is 5.62. The molecule has 4 heteroatoms. The molecule has 0 bridgehead atoms. The van der Waals surface area contributed by atoms with E-state index in [9.17, 15) is 9.59 Å². The number of methoxy groups -OCH3 is 1. The van der Waals surface area contributed by atoms with Crippen LogP contribution in [0.15, 0.2) is 60.7 Å². The molecule has 172 valence electrons. The van der Waals surface area contributed by atoms with Crippen molar-refractivity contribution in [3.8, 4) is 11.5 Å². The molecule has 0 radical (unpaired) electrons. The van der Waals surface area contributed by atoms with Crippen LogP contribution in [0.1, 0.15) is 76.6 Å². The minimum Gasteiger partial charge on any atom is -0.496 e. The van der Waals surface area contributed by atoms with Gasteiger partial charge in [0.1, 0.15) is 11.5 Å². The largest absolute Gasteiger partial charge is 0.496 e. The summed E-state index contributed by atoms with van der Waals surface area (Å²) >= 11 is 0. The number of aryl methyl sites for hydroxylation is 2. The lowest BCUT2D eigenvalue weighted by molar-refractivity contribution is 0.0733. The molecule has 0 unspecified atom stereocenters. The number of ketones is 1. The van der Waals surface area contributed by atoms with Crippen molar-refractivity contribution in [1.82, 2.24) is 0 Å². The summed E-state index contributed by atoms with van der Waals surface area (Å²) in [5.41, 5.74) is 5.50. The average Bonchev–Trinajstić information content (AvgIpc) is 2.81. The van der Waals surface area contributed by atoms with Crippen LogP contribution in [-0.4, -0.2) is 18.9 Å². The number of hydrogen-bond donors (Lipinski definition) is 0. The number of hydrogen-bond acceptors (Lipinski definition) is 4. The zero-order chi connectivity index (χ0) is 23.8. The first-order valence-corrected chi connectivity index (χ1v) is 11.6. The van der Waals surface area contributed by atoms with Gasteiger partial charge >= 0.3 is 5.97 Å². The first-order chi connectivity index (χ1) is 15.9. The van der Waals surface area contributed by atoms with Crippen LogP contribution in [0.25, 0.3) is 0 Å². The van der Waals surface area contributed by atoms with Gasteiger partial charge < -0.3 is 9.47 Å². The fraction of sp³-hybridized carbons (Fsp3) is 0.310. The van der Waals surface area contributed by atoms with Crippen molar-refractivity contribution in [3.05, 3.63) is 94.0 Å². The van der Waals surface area contributed by atoms with Gasteiger partial charge in [-0.1, -0.05) is 63.1 Å². The van der Waals surface area contributed by atoms with Crippen molar-refractivity contribution in [2.75, 3.05) is 7.11 Å². The zero-order valence-corrected chi connectivity index (χ0v) is 19.9. The maximum atomic E-state index is 12.7. The van der Waals surface area contributed by atoms with E-state index in [1.54, 1.807) is 31.4 Å². The molecule has 0 atom stereocenters. The highest BCUT2D eigenvalue weighted by molar-refractivity contribution is 5.98. The van der Waals surface area contributed by atoms with E-state index in [2.05, 4.69) is 32.0 Å². The Morgan fingerprint density at radius 3 is 1.91 bits per heavy atom. The quantitative estimate of drug-likeness (QED) is 0.200. The van der Waals surface area contributed by atoms with Crippen molar-refractivity contribution in [2.45, 2.75) is 52.9 Å². The van der Waals surface area contributed by atoms with Gasteiger partial charge in [-0.15, -0.1) is 0 Å². The normalized spacial score (nSPS) is 10.7. The maximum Gasteiger partial charge on any atom is 0.343 e. The second-order valence-corrected chi connectivity index (χ2v) is 8.29. The Kier molecular flexibility index (Phi) is 8.42. The highest BCUT2D eigenvalue weighted by Crippen LogP contribution is 2.27. The molecule has 0 aromatic heterocycles. The average molecular weight is 445 g/mol. The maximum absolute atomic E-state index is 12.7. The molecule has 0 heterocycles. The predicted octanol–water partition coefficient (Wildman–Crippen LogP) is 6.61. The van der Waals surface area contributed by atoms with Crippen molar-refractivity contribution < 1.29 is 19.1 Å². The van der Waals surface area contributed by atoms with Gasteiger partial charge in [-0.25, -0.2) is 4.79 Å². The summed E-state index contributed by atoms with van der Waals surface area (Å²) in [6.45, 7) is 5.76. The second-order valence-electron chi connectivity index (χ2n) is 8.29. The van der Waals surface area contributed by atoms with Crippen LogP contribution < -0.4 is 9.47 Å². The number of Topliss-reactive ketones (excluding diaryl/α,β-unsaturated/α-hetero) is 1. The smallest absolute Gasteiger partial charge is 0.343 e. The molecule has 0 aliphatic rings. The van der Waals surface area contributed by atoms with Gasteiger partial charge in [-0.2, -0.15) is 0 Å². The molecule has 3 aromatic rings. The summed E-state index contributed by atoms with van der Waals surface area (Å²) in [5, 5.41) is 0. The summed E-state index contributed by atoms with van der Waals surface area (Å²) < 4.78 is 11.2. The van der Waals surface area contributed by atoms with E-state index in [0.29, 0.717) is 16.9 Å². The zero-order valence-electron chi connectivity index (χ0n) is 19.9. The van der Waals surface area contributed by atoms with E-state index in [4.69, 9.17) is 9.47 Å². The number of carbonyl (C=O) groups excluding carboxylic acids is 2. The molecule has 0 saturated heterocycles. The Hall–Kier alpha value is -3.40. The van der Waals surface area contributed by atoms with Gasteiger partial charge in [0.25, 0.3) is 0 Å². The lowest BCUT2D eigenvalue weighted by Crippen LogP contribution is -2.11. The van der Waals surface area contributed by atoms with Crippen LogP contribution in [0.3, 0.4) is 0 Å². The summed E-state index contributed by atoms with van der Waals surface area (Å²) in [5.74, 6) is 0.965. The van der Waals surface area contributed by atoms with E-state index in [0.717, 1.165) is 43.4 Å². The van der Waals surface area contributed by atoms with Gasteiger partial charge in [0, 0.05) is 5.56 Å². The van der Waals surface area contributed by atoms with Crippen LogP contribution in [-0.2, 0) is 19.3 Å². The highest BCUT2D eigenvalue weighted by atomic mass is 16.5. The third-order valence-corrected chi connectivity index (χ3v) is 5.62. The molecule has 0 saturated carbocycles. The fourth-order valence-electron chi connectivity index (χ4n) is 3.97. The molecule has 0 amide bonds. The summed E-state index contributed by atoms with van der Waals surface area (Å²) in [6, 6.07) is 19.0. The molecule has 4 nitrogen and oxygen atoms in total. The molecular formula is C29H32O4. The standard InChI is InChI=1S/C29H32O4/c1-5-8-24-17-21(12-14-27(24)32-4)16-22-13-15-28(25(18-22)9-6-2)33-29(31)26-11-7-10-23(19-26)20(3)30/h7,10-15,17-19H,5-6,8-9,16H2,1-4H3. The predicted molar refractivity (Wildman–Crippen MR) is 132 cm³/mol. The Morgan fingerprint density at radius 2 is 1.33 bits per heavy atom. The second kappa shape index (κ2) is 11.5. The lowest BCUT2D eigenvalue weighted by atomic mass is 9.97. The topological polar surface area (TPSA) is 52.6 Å². The summed E-state index contributed by atoms with van der Waals surface area (Å²) in [4.78, 5) is 24.4. The van der Waals surface area contributed by atoms with Crippen LogP contribution >= 0.6 is 0 Å². The minimum absolute atomic E-state index is 0.0821. The monoisotopic (exact) mass is 444 g/mol. The third kappa shape index (κ3) is 6.32. The molecule has 3 rings (SSSR count). The number of carbonyl (C=O) groups is 2. The Balaban J connectivity index is 1.82. The highest BCUT2D eigenvalue weighted by Gasteiger charge is 2.14. The van der Waals surface area contributed by atoms with Gasteiger partial charge in [-0.05, 0) is 72.7 Å². The molecular weight excluding hydrogens is 412 g/mol. The Morgan fingerprint density at radius 1 is 0.758 bits per heavy atom. The first kappa shape index (κ1) is 24.2. The number of esters is 1. The first-order valence-electron chi connectivity index (χ1n) is 11.6. The molecule has 33 heavy (non-hydrogen) atoms. The van der Waals surface area contributed by atoms with Gasteiger partial charge in [-0.3, -0.25) is 4.79 Å². The van der Waals surface area contributed by atoms with Crippen LogP contribution in [0.2, 0.25) is 0 Å². The van der Waals surface area contributed by atoms with Crippen LogP contribution in [0.5, 0.6) is 11.5 Å². The molecule has 0 aliphatic heterocycles. The van der Waals surface area contributed by atoms with Crippen LogP contribution in [0.4, 0.5) is 0 Å². The Labute approximate surface area is 196 Å². The fourth-order valence-corrected chi connectivity index (χ4v) is 3.97. The van der Waals surface area contributed by atoms with E-state index in [1.807, 2.05) is 18.2 Å². The minimum atomic E-state index is -0.456. The molecule has 0 spiro atoms. The van der Waals surface area contributed by atoms with Crippen molar-refractivity contribution in [3.63, 3.8) is 0 Å². The van der Waals surface area contributed by atoms with Gasteiger partial charge in [0.15, 0.2) is 5.78 Å². The molecule has 3 aromatic carbocycles. The number of ether oxygens (including phenoxy) is 2. The van der Waals surface area contributed by atoms with Gasteiger partial charge in [0.2, 0.25) is 0 Å². The van der Waals surface area contributed by atoms with Crippen molar-refractivity contribution in [1.29, 1.82) is 0 Å². The van der Waals surface area contributed by atoms with E-state index in [1.165, 1.54) is 23.6 Å². The molecule has 0 N–H and O–H groups in total. The van der Waals surface area contributed by atoms with Crippen molar-refractivity contribution in [2.24, 2.45) is 0 Å². The van der Waals surface area contributed by atoms with Crippen LogP contribution in [0, 0.1) is 0 Å². The summed E-state index contributed by atoms with van der Waals surface area (Å²) in [7, 11) is 1.71. The van der Waals surface area contributed by atoms with E-state index < -0.39 is 5.97 Å². The molecule has 0 aliphatic carbocycles.